The molecule has 0 atom stereocenters. The minimum absolute atomic E-state index is 0.361. The van der Waals surface area contributed by atoms with Gasteiger partial charge in [0.15, 0.2) is 0 Å². The number of carbonyl (C=O) groups is 1. The van der Waals surface area contributed by atoms with Crippen LogP contribution in [0.4, 0.5) is 0 Å². The number of hydrogen-bond acceptors (Lipinski definition) is 3. The third kappa shape index (κ3) is 2.16. The number of aliphatic carboxylic acids is 1. The minimum atomic E-state index is -1.01. The molecule has 4 nitrogen and oxygen atoms in total. The fraction of sp³-hybridized carbons (Fsp3) is 0.125. The van der Waals surface area contributed by atoms with Crippen LogP contribution in [0.5, 0.6) is 5.95 Å². The zero-order valence-electron chi connectivity index (χ0n) is 6.48. The van der Waals surface area contributed by atoms with Gasteiger partial charge in [0, 0.05) is 12.1 Å². The van der Waals surface area contributed by atoms with Crippen molar-refractivity contribution in [3.05, 3.63) is 24.0 Å². The Hall–Kier alpha value is -1.71. The smallest absolute Gasteiger partial charge is 0.328 e. The Labute approximate surface area is 69.1 Å². The van der Waals surface area contributed by atoms with Crippen LogP contribution in [0.2, 0.25) is 0 Å². The average molecular weight is 168 g/mol. The molecule has 0 aromatic carbocycles. The van der Waals surface area contributed by atoms with Gasteiger partial charge in [0.2, 0.25) is 0 Å². The number of ether oxygens (including phenoxy) is 1. The van der Waals surface area contributed by atoms with E-state index in [1.807, 2.05) is 0 Å². The second-order valence-electron chi connectivity index (χ2n) is 2.03. The second kappa shape index (κ2) is 3.61. The summed E-state index contributed by atoms with van der Waals surface area (Å²) in [6.07, 6.45) is 2.35. The zero-order valence-corrected chi connectivity index (χ0v) is 6.48. The highest BCUT2D eigenvalue weighted by Crippen LogP contribution is 2.15. The molecule has 1 heterocycles. The van der Waals surface area contributed by atoms with Crippen LogP contribution < -0.4 is 4.74 Å². The zero-order chi connectivity index (χ0) is 8.97. The lowest BCUT2D eigenvalue weighted by Crippen LogP contribution is -1.84. The molecule has 0 fully saturated rings. The molecule has 0 spiro atoms. The molecule has 0 radical (unpaired) electrons. The van der Waals surface area contributed by atoms with Crippen molar-refractivity contribution >= 4 is 12.0 Å². The van der Waals surface area contributed by atoms with Crippen molar-refractivity contribution in [1.82, 2.24) is 0 Å². The summed E-state index contributed by atoms with van der Waals surface area (Å²) in [4.78, 5) is 10.1. The van der Waals surface area contributed by atoms with Crippen LogP contribution in [0.15, 0.2) is 22.6 Å². The molecular formula is C8H8O4. The molecule has 0 aliphatic rings. The normalized spacial score (nSPS) is 10.4. The minimum Gasteiger partial charge on any atom is -0.478 e. The van der Waals surface area contributed by atoms with Crippen molar-refractivity contribution in [1.29, 1.82) is 0 Å². The molecule has 64 valence electrons. The van der Waals surface area contributed by atoms with Crippen LogP contribution >= 0.6 is 0 Å². The van der Waals surface area contributed by atoms with Gasteiger partial charge in [0.25, 0.3) is 5.95 Å². The van der Waals surface area contributed by atoms with E-state index in [9.17, 15) is 4.79 Å². The molecule has 0 saturated heterocycles. The van der Waals surface area contributed by atoms with E-state index < -0.39 is 5.97 Å². The van der Waals surface area contributed by atoms with Gasteiger partial charge < -0.3 is 14.3 Å². The molecule has 1 aromatic heterocycles. The van der Waals surface area contributed by atoms with Crippen molar-refractivity contribution in [2.75, 3.05) is 7.11 Å². The molecule has 1 N–H and O–H groups in total. The van der Waals surface area contributed by atoms with Crippen LogP contribution in [0.3, 0.4) is 0 Å². The van der Waals surface area contributed by atoms with Gasteiger partial charge in [-0.1, -0.05) is 0 Å². The summed E-state index contributed by atoms with van der Waals surface area (Å²) in [5.74, 6) is -0.195. The summed E-state index contributed by atoms with van der Waals surface area (Å²) in [6.45, 7) is 0. The lowest BCUT2D eigenvalue weighted by molar-refractivity contribution is -0.131. The van der Waals surface area contributed by atoms with Gasteiger partial charge in [-0.2, -0.15) is 0 Å². The van der Waals surface area contributed by atoms with E-state index in [-0.39, 0.29) is 0 Å². The Morgan fingerprint density at radius 2 is 2.42 bits per heavy atom. The Balaban J connectivity index is 2.70. The van der Waals surface area contributed by atoms with Crippen molar-refractivity contribution in [2.45, 2.75) is 0 Å². The fourth-order valence-electron chi connectivity index (χ4n) is 0.687. The summed E-state index contributed by atoms with van der Waals surface area (Å²) in [5, 5.41) is 8.28. The van der Waals surface area contributed by atoms with E-state index in [1.54, 1.807) is 12.1 Å². The summed E-state index contributed by atoms with van der Waals surface area (Å²) < 4.78 is 9.76. The highest BCUT2D eigenvalue weighted by Gasteiger charge is 1.97. The third-order valence-corrected chi connectivity index (χ3v) is 1.19. The Morgan fingerprint density at radius 1 is 1.67 bits per heavy atom. The lowest BCUT2D eigenvalue weighted by atomic mass is 10.4. The third-order valence-electron chi connectivity index (χ3n) is 1.19. The largest absolute Gasteiger partial charge is 0.478 e. The van der Waals surface area contributed by atoms with Crippen LogP contribution in [0.25, 0.3) is 6.08 Å². The van der Waals surface area contributed by atoms with Crippen LogP contribution in [-0.2, 0) is 4.79 Å². The van der Waals surface area contributed by atoms with Gasteiger partial charge in [-0.05, 0) is 12.1 Å². The maximum absolute atomic E-state index is 10.1. The first-order valence-electron chi connectivity index (χ1n) is 3.27. The van der Waals surface area contributed by atoms with Gasteiger partial charge >= 0.3 is 5.97 Å². The second-order valence-corrected chi connectivity index (χ2v) is 2.03. The van der Waals surface area contributed by atoms with Crippen molar-refractivity contribution < 1.29 is 19.1 Å². The quantitative estimate of drug-likeness (QED) is 0.692. The van der Waals surface area contributed by atoms with E-state index in [1.165, 1.54) is 13.2 Å². The maximum Gasteiger partial charge on any atom is 0.328 e. The predicted molar refractivity (Wildman–Crippen MR) is 41.9 cm³/mol. The Bertz CT molecular complexity index is 298. The molecule has 0 aliphatic carbocycles. The molecule has 4 heteroatoms. The van der Waals surface area contributed by atoms with Crippen molar-refractivity contribution in [2.24, 2.45) is 0 Å². The molecule has 1 aromatic rings. The Kier molecular flexibility index (Phi) is 2.53. The number of rotatable bonds is 3. The summed E-state index contributed by atoms with van der Waals surface area (Å²) in [7, 11) is 1.48. The Morgan fingerprint density at radius 3 is 2.92 bits per heavy atom. The monoisotopic (exact) mass is 168 g/mol. The van der Waals surface area contributed by atoms with E-state index in [0.29, 0.717) is 11.7 Å². The molecule has 0 amide bonds. The predicted octanol–water partition coefficient (Wildman–Crippen LogP) is 1.39. The molecule has 0 unspecified atom stereocenters. The van der Waals surface area contributed by atoms with Crippen LogP contribution in [0.1, 0.15) is 5.76 Å². The first-order valence-corrected chi connectivity index (χ1v) is 3.27. The molecule has 0 saturated carbocycles. The molecular weight excluding hydrogens is 160 g/mol. The maximum atomic E-state index is 10.1. The molecule has 0 aliphatic heterocycles. The van der Waals surface area contributed by atoms with E-state index in [4.69, 9.17) is 14.3 Å². The van der Waals surface area contributed by atoms with E-state index in [2.05, 4.69) is 0 Å². The van der Waals surface area contributed by atoms with Crippen LogP contribution in [0, 0.1) is 0 Å². The highest BCUT2D eigenvalue weighted by molar-refractivity contribution is 5.84. The van der Waals surface area contributed by atoms with Gasteiger partial charge in [-0.15, -0.1) is 0 Å². The first kappa shape index (κ1) is 8.39. The summed E-state index contributed by atoms with van der Waals surface area (Å²) in [5.41, 5.74) is 0. The van der Waals surface area contributed by atoms with Gasteiger partial charge in [0.1, 0.15) is 5.76 Å². The molecule has 1 rings (SSSR count). The number of carboxylic acid groups (broad SMARTS) is 1. The van der Waals surface area contributed by atoms with E-state index in [0.717, 1.165) is 6.08 Å². The lowest BCUT2D eigenvalue weighted by Gasteiger charge is -1.88. The first-order chi connectivity index (χ1) is 5.72. The summed E-state index contributed by atoms with van der Waals surface area (Å²) in [6, 6.07) is 3.24. The number of methoxy groups -OCH3 is 1. The van der Waals surface area contributed by atoms with Crippen molar-refractivity contribution in [3.8, 4) is 5.95 Å². The SMILES string of the molecule is COc1ccc(/C=C/C(=O)O)o1. The number of furan rings is 1. The van der Waals surface area contributed by atoms with Crippen LogP contribution in [-0.4, -0.2) is 18.2 Å². The topological polar surface area (TPSA) is 59.7 Å². The molecule has 12 heavy (non-hydrogen) atoms. The van der Waals surface area contributed by atoms with Gasteiger partial charge in [-0.25, -0.2) is 4.79 Å². The molecule has 0 bridgehead atoms. The average Bonchev–Trinajstić information content (AvgIpc) is 2.48. The summed E-state index contributed by atoms with van der Waals surface area (Å²) >= 11 is 0. The standard InChI is InChI=1S/C8H8O4/c1-11-8-5-3-6(12-8)2-4-7(9)10/h2-5H,1H3,(H,9,10)/b4-2+. The number of carboxylic acids is 1. The number of hydrogen-bond donors (Lipinski definition) is 1. The highest BCUT2D eigenvalue weighted by atomic mass is 16.6. The van der Waals surface area contributed by atoms with Gasteiger partial charge in [-0.3, -0.25) is 0 Å². The van der Waals surface area contributed by atoms with Crippen molar-refractivity contribution in [3.63, 3.8) is 0 Å². The fourth-order valence-corrected chi connectivity index (χ4v) is 0.687. The van der Waals surface area contributed by atoms with E-state index >= 15 is 0 Å². The van der Waals surface area contributed by atoms with Gasteiger partial charge in [0.05, 0.1) is 7.11 Å².